The fraction of sp³-hybridized carbons (Fsp3) is 0.136. The lowest BCUT2D eigenvalue weighted by Gasteiger charge is -2.10. The van der Waals surface area contributed by atoms with Crippen LogP contribution in [0.3, 0.4) is 0 Å². The Bertz CT molecular complexity index is 1110. The Balaban J connectivity index is 1.69. The number of aryl methyl sites for hydroxylation is 1. The minimum absolute atomic E-state index is 0.163. The lowest BCUT2D eigenvalue weighted by Crippen LogP contribution is -2.23. The summed E-state index contributed by atoms with van der Waals surface area (Å²) in [7, 11) is -2.15. The largest absolute Gasteiger partial charge is 0.497 e. The molecule has 2 N–H and O–H groups in total. The van der Waals surface area contributed by atoms with Crippen LogP contribution in [0.15, 0.2) is 77.7 Å². The predicted molar refractivity (Wildman–Crippen MR) is 113 cm³/mol. The van der Waals surface area contributed by atoms with Crippen LogP contribution in [-0.2, 0) is 16.6 Å². The summed E-state index contributed by atoms with van der Waals surface area (Å²) >= 11 is 0. The molecule has 0 unspecified atom stereocenters. The lowest BCUT2D eigenvalue weighted by molar-refractivity contribution is 0.0951. The van der Waals surface area contributed by atoms with Gasteiger partial charge in [0.1, 0.15) is 5.75 Å². The average molecular weight is 410 g/mol. The van der Waals surface area contributed by atoms with Gasteiger partial charge < -0.3 is 10.1 Å². The highest BCUT2D eigenvalue weighted by atomic mass is 32.2. The number of hydrogen-bond acceptors (Lipinski definition) is 4. The summed E-state index contributed by atoms with van der Waals surface area (Å²) in [4.78, 5) is 12.6. The maximum absolute atomic E-state index is 12.5. The first-order chi connectivity index (χ1) is 13.9. The minimum atomic E-state index is -3.73. The number of hydrogen-bond donors (Lipinski definition) is 2. The molecule has 0 fully saturated rings. The van der Waals surface area contributed by atoms with Crippen molar-refractivity contribution in [1.82, 2.24) is 5.32 Å². The van der Waals surface area contributed by atoms with Crippen molar-refractivity contribution in [3.8, 4) is 5.75 Å². The zero-order valence-electron chi connectivity index (χ0n) is 16.2. The van der Waals surface area contributed by atoms with Gasteiger partial charge in [-0.25, -0.2) is 8.42 Å². The van der Waals surface area contributed by atoms with Gasteiger partial charge in [-0.3, -0.25) is 9.52 Å². The Morgan fingerprint density at radius 2 is 1.69 bits per heavy atom. The van der Waals surface area contributed by atoms with Crippen LogP contribution in [0, 0.1) is 6.92 Å². The highest BCUT2D eigenvalue weighted by Crippen LogP contribution is 2.18. The van der Waals surface area contributed by atoms with Crippen LogP contribution in [0.5, 0.6) is 5.75 Å². The summed E-state index contributed by atoms with van der Waals surface area (Å²) < 4.78 is 32.8. The van der Waals surface area contributed by atoms with Crippen LogP contribution in [-0.4, -0.2) is 21.4 Å². The van der Waals surface area contributed by atoms with Crippen molar-refractivity contribution in [3.05, 3.63) is 89.5 Å². The molecule has 0 bridgehead atoms. The number of carbonyl (C=O) groups is 1. The molecule has 0 spiro atoms. The second-order valence-electron chi connectivity index (χ2n) is 6.53. The predicted octanol–water partition coefficient (Wildman–Crippen LogP) is 3.73. The number of sulfonamides is 1. The fourth-order valence-electron chi connectivity index (χ4n) is 2.72. The van der Waals surface area contributed by atoms with Gasteiger partial charge in [-0.2, -0.15) is 0 Å². The van der Waals surface area contributed by atoms with E-state index in [9.17, 15) is 13.2 Å². The van der Waals surface area contributed by atoms with E-state index in [1.165, 1.54) is 6.07 Å². The van der Waals surface area contributed by atoms with Gasteiger partial charge in [0.2, 0.25) is 0 Å². The molecule has 0 atom stereocenters. The highest BCUT2D eigenvalue weighted by molar-refractivity contribution is 7.92. The number of benzene rings is 3. The molecule has 0 aromatic heterocycles. The molecule has 29 heavy (non-hydrogen) atoms. The Morgan fingerprint density at radius 1 is 0.966 bits per heavy atom. The fourth-order valence-corrected chi connectivity index (χ4v) is 3.77. The minimum Gasteiger partial charge on any atom is -0.497 e. The Morgan fingerprint density at radius 3 is 2.41 bits per heavy atom. The van der Waals surface area contributed by atoms with Gasteiger partial charge in [-0.1, -0.05) is 35.9 Å². The molecule has 0 heterocycles. The molecule has 3 aromatic rings. The van der Waals surface area contributed by atoms with Crippen LogP contribution < -0.4 is 14.8 Å². The van der Waals surface area contributed by atoms with Crippen molar-refractivity contribution >= 4 is 21.6 Å². The molecule has 0 aliphatic rings. The van der Waals surface area contributed by atoms with Gasteiger partial charge in [0, 0.05) is 17.8 Å². The van der Waals surface area contributed by atoms with E-state index in [1.54, 1.807) is 49.6 Å². The second kappa shape index (κ2) is 8.79. The van der Waals surface area contributed by atoms with E-state index < -0.39 is 10.0 Å². The summed E-state index contributed by atoms with van der Waals surface area (Å²) in [6.45, 7) is 2.22. The summed E-state index contributed by atoms with van der Waals surface area (Å²) in [6.07, 6.45) is 0. The van der Waals surface area contributed by atoms with Crippen molar-refractivity contribution in [2.45, 2.75) is 18.4 Å². The molecule has 0 aliphatic carbocycles. The van der Waals surface area contributed by atoms with E-state index in [1.807, 2.05) is 31.2 Å². The van der Waals surface area contributed by atoms with Crippen molar-refractivity contribution in [2.75, 3.05) is 11.8 Å². The number of carbonyl (C=O) groups excluding carboxylic acids is 1. The molecule has 3 aromatic carbocycles. The molecule has 0 saturated heterocycles. The van der Waals surface area contributed by atoms with Crippen LogP contribution in [0.4, 0.5) is 5.69 Å². The van der Waals surface area contributed by atoms with Crippen molar-refractivity contribution < 1.29 is 17.9 Å². The van der Waals surface area contributed by atoms with E-state index in [0.717, 1.165) is 11.1 Å². The standard InChI is InChI=1S/C22H22N2O4S/c1-16-9-11-21(12-10-16)29(26,27)24-19-7-4-6-18(14-19)22(25)23-15-17-5-3-8-20(13-17)28-2/h3-14,24H,15H2,1-2H3,(H,23,25). The number of ether oxygens (including phenoxy) is 1. The number of rotatable bonds is 7. The zero-order valence-corrected chi connectivity index (χ0v) is 17.0. The highest BCUT2D eigenvalue weighted by Gasteiger charge is 2.15. The number of methoxy groups -OCH3 is 1. The molecule has 7 heteroatoms. The second-order valence-corrected chi connectivity index (χ2v) is 8.22. The van der Waals surface area contributed by atoms with Crippen LogP contribution in [0.25, 0.3) is 0 Å². The van der Waals surface area contributed by atoms with E-state index in [-0.39, 0.29) is 10.8 Å². The molecule has 1 amide bonds. The molecule has 0 radical (unpaired) electrons. The smallest absolute Gasteiger partial charge is 0.261 e. The maximum atomic E-state index is 12.5. The average Bonchev–Trinajstić information content (AvgIpc) is 2.72. The summed E-state index contributed by atoms with van der Waals surface area (Å²) in [5.41, 5.74) is 2.55. The number of amides is 1. The lowest BCUT2D eigenvalue weighted by atomic mass is 10.1. The SMILES string of the molecule is COc1cccc(CNC(=O)c2cccc(NS(=O)(=O)c3ccc(C)cc3)c2)c1. The van der Waals surface area contributed by atoms with Gasteiger partial charge in [0.05, 0.1) is 12.0 Å². The molecule has 0 saturated carbocycles. The van der Waals surface area contributed by atoms with Crippen molar-refractivity contribution in [1.29, 1.82) is 0 Å². The Hall–Kier alpha value is -3.32. The van der Waals surface area contributed by atoms with Gasteiger partial charge in [-0.15, -0.1) is 0 Å². The summed E-state index contributed by atoms with van der Waals surface area (Å²) in [5, 5.41) is 2.82. The van der Waals surface area contributed by atoms with E-state index in [4.69, 9.17) is 4.74 Å². The first-order valence-electron chi connectivity index (χ1n) is 8.98. The first-order valence-corrected chi connectivity index (χ1v) is 10.5. The molecule has 0 aliphatic heterocycles. The van der Waals surface area contributed by atoms with Crippen LogP contribution in [0.1, 0.15) is 21.5 Å². The van der Waals surface area contributed by atoms with Crippen LogP contribution in [0.2, 0.25) is 0 Å². The normalized spacial score (nSPS) is 11.0. The van der Waals surface area contributed by atoms with Gasteiger partial charge >= 0.3 is 0 Å². The molecular weight excluding hydrogens is 388 g/mol. The van der Waals surface area contributed by atoms with E-state index in [2.05, 4.69) is 10.0 Å². The topological polar surface area (TPSA) is 84.5 Å². The van der Waals surface area contributed by atoms with Gasteiger partial charge in [0.15, 0.2) is 0 Å². The quantitative estimate of drug-likeness (QED) is 0.622. The van der Waals surface area contributed by atoms with E-state index >= 15 is 0 Å². The van der Waals surface area contributed by atoms with Gasteiger partial charge in [-0.05, 0) is 55.0 Å². The molecule has 3 rings (SSSR count). The third-order valence-corrected chi connectivity index (χ3v) is 5.69. The third kappa shape index (κ3) is 5.36. The number of anilines is 1. The monoisotopic (exact) mass is 410 g/mol. The van der Waals surface area contributed by atoms with Crippen molar-refractivity contribution in [3.63, 3.8) is 0 Å². The third-order valence-electron chi connectivity index (χ3n) is 4.30. The summed E-state index contributed by atoms with van der Waals surface area (Å²) in [6, 6.07) is 20.3. The molecule has 6 nitrogen and oxygen atoms in total. The summed E-state index contributed by atoms with van der Waals surface area (Å²) in [5.74, 6) is 0.411. The van der Waals surface area contributed by atoms with Crippen molar-refractivity contribution in [2.24, 2.45) is 0 Å². The first kappa shape index (κ1) is 20.4. The maximum Gasteiger partial charge on any atom is 0.261 e. The molecule has 150 valence electrons. The van der Waals surface area contributed by atoms with Crippen LogP contribution >= 0.6 is 0 Å². The Kier molecular flexibility index (Phi) is 6.19. The molecular formula is C22H22N2O4S. The zero-order chi connectivity index (χ0) is 20.9. The van der Waals surface area contributed by atoms with E-state index in [0.29, 0.717) is 23.5 Å². The van der Waals surface area contributed by atoms with Gasteiger partial charge in [0.25, 0.3) is 15.9 Å². The Labute approximate surface area is 170 Å². The number of nitrogens with one attached hydrogen (secondary N) is 2.